The van der Waals surface area contributed by atoms with Gasteiger partial charge in [-0.2, -0.15) is 0 Å². The number of amides is 1. The first kappa shape index (κ1) is 28.4. The number of anilines is 1. The molecular formula is C27H19ClF2N4O5S. The first-order valence-electron chi connectivity index (χ1n) is 11.4. The van der Waals surface area contributed by atoms with E-state index in [1.54, 1.807) is 42.6 Å². The maximum Gasteiger partial charge on any atom is 0.326 e. The van der Waals surface area contributed by atoms with Crippen LogP contribution >= 0.6 is 11.6 Å². The predicted molar refractivity (Wildman–Crippen MR) is 146 cm³/mol. The molecule has 4 rings (SSSR count). The fourth-order valence-electron chi connectivity index (χ4n) is 4.13. The van der Waals surface area contributed by atoms with Crippen LogP contribution in [0.1, 0.15) is 15.9 Å². The Hall–Kier alpha value is -4.60. The summed E-state index contributed by atoms with van der Waals surface area (Å²) in [4.78, 5) is 32.6. The lowest BCUT2D eigenvalue weighted by molar-refractivity contribution is -0.139. The normalized spacial score (nSPS) is 12.0. The number of hydrogen-bond donors (Lipinski definition) is 3. The maximum absolute atomic E-state index is 14.6. The van der Waals surface area contributed by atoms with Crippen LogP contribution < -0.4 is 10.0 Å². The number of sulfonamides is 1. The molecule has 9 nitrogen and oxygen atoms in total. The Morgan fingerprint density at radius 3 is 2.38 bits per heavy atom. The number of rotatable bonds is 8. The number of nitrogens with one attached hydrogen (secondary N) is 2. The highest BCUT2D eigenvalue weighted by Crippen LogP contribution is 2.36. The highest BCUT2D eigenvalue weighted by molar-refractivity contribution is 7.92. The van der Waals surface area contributed by atoms with E-state index in [0.717, 1.165) is 6.26 Å². The quantitative estimate of drug-likeness (QED) is 0.245. The van der Waals surface area contributed by atoms with Crippen molar-refractivity contribution in [2.75, 3.05) is 11.0 Å². The fourth-order valence-corrected chi connectivity index (χ4v) is 4.96. The van der Waals surface area contributed by atoms with E-state index in [1.165, 1.54) is 6.07 Å². The van der Waals surface area contributed by atoms with Gasteiger partial charge >= 0.3 is 5.97 Å². The third-order valence-corrected chi connectivity index (χ3v) is 6.75. The van der Waals surface area contributed by atoms with Gasteiger partial charge in [0.15, 0.2) is 5.69 Å². The number of carbonyl (C=O) groups excluding carboxylic acids is 1. The Morgan fingerprint density at radius 1 is 1.10 bits per heavy atom. The molecule has 0 bridgehead atoms. The lowest BCUT2D eigenvalue weighted by Crippen LogP contribution is -2.43. The Bertz CT molecular complexity index is 1800. The SMILES string of the molecule is [C-]#[N+]c1ccc(-c2ccc(C[C@H](NC(=O)c3c(F)cc(NS(C)(=O)=O)cc3F)C(=O)O)c3cccnc23)c(Cl)c1. The number of aromatic nitrogens is 1. The zero-order valence-corrected chi connectivity index (χ0v) is 22.1. The number of carboxylic acids is 1. The minimum Gasteiger partial charge on any atom is -0.480 e. The van der Waals surface area contributed by atoms with Crippen molar-refractivity contribution in [1.82, 2.24) is 10.3 Å². The fraction of sp³-hybridized carbons (Fsp3) is 0.111. The van der Waals surface area contributed by atoms with Crippen LogP contribution in [-0.2, 0) is 21.2 Å². The lowest BCUT2D eigenvalue weighted by Gasteiger charge is -2.18. The van der Waals surface area contributed by atoms with Crippen LogP contribution in [0.15, 0.2) is 60.8 Å². The van der Waals surface area contributed by atoms with Crippen LogP contribution in [0.3, 0.4) is 0 Å². The molecule has 0 saturated carbocycles. The molecule has 204 valence electrons. The van der Waals surface area contributed by atoms with Crippen molar-refractivity contribution < 1.29 is 31.9 Å². The van der Waals surface area contributed by atoms with Crippen molar-refractivity contribution in [2.24, 2.45) is 0 Å². The van der Waals surface area contributed by atoms with E-state index in [9.17, 15) is 31.9 Å². The highest BCUT2D eigenvalue weighted by Gasteiger charge is 2.27. The van der Waals surface area contributed by atoms with Crippen molar-refractivity contribution >= 4 is 55.8 Å². The molecule has 3 N–H and O–H groups in total. The Balaban J connectivity index is 1.66. The van der Waals surface area contributed by atoms with Gasteiger partial charge in [0.05, 0.1) is 24.0 Å². The molecule has 0 spiro atoms. The van der Waals surface area contributed by atoms with Gasteiger partial charge in [0.2, 0.25) is 10.0 Å². The van der Waals surface area contributed by atoms with E-state index >= 15 is 0 Å². The Kier molecular flexibility index (Phi) is 7.99. The lowest BCUT2D eigenvalue weighted by atomic mass is 9.95. The minimum absolute atomic E-state index is 0.259. The van der Waals surface area contributed by atoms with Crippen LogP contribution in [0.2, 0.25) is 5.02 Å². The van der Waals surface area contributed by atoms with E-state index in [4.69, 9.17) is 18.2 Å². The number of aliphatic carboxylic acids is 1. The number of hydrogen-bond acceptors (Lipinski definition) is 5. The van der Waals surface area contributed by atoms with Gasteiger partial charge in [0, 0.05) is 28.6 Å². The summed E-state index contributed by atoms with van der Waals surface area (Å²) in [5, 5.41) is 12.8. The smallest absolute Gasteiger partial charge is 0.326 e. The third-order valence-electron chi connectivity index (χ3n) is 5.83. The number of carboxylic acid groups (broad SMARTS) is 1. The van der Waals surface area contributed by atoms with E-state index in [-0.39, 0.29) is 6.42 Å². The zero-order chi connectivity index (χ0) is 29.2. The van der Waals surface area contributed by atoms with E-state index in [2.05, 4.69) is 15.1 Å². The van der Waals surface area contributed by atoms with Crippen molar-refractivity contribution in [3.63, 3.8) is 0 Å². The third kappa shape index (κ3) is 6.17. The van der Waals surface area contributed by atoms with Crippen LogP contribution in [0.25, 0.3) is 26.9 Å². The van der Waals surface area contributed by atoms with Crippen molar-refractivity contribution in [3.05, 3.63) is 100.0 Å². The molecule has 1 amide bonds. The summed E-state index contributed by atoms with van der Waals surface area (Å²) in [6.07, 6.45) is 2.07. The molecule has 0 aliphatic carbocycles. The summed E-state index contributed by atoms with van der Waals surface area (Å²) in [6.45, 7) is 7.15. The molecule has 0 aliphatic heterocycles. The summed E-state index contributed by atoms with van der Waals surface area (Å²) < 4.78 is 53.8. The average molecular weight is 585 g/mol. The number of benzene rings is 3. The maximum atomic E-state index is 14.6. The number of pyridine rings is 1. The van der Waals surface area contributed by atoms with Crippen LogP contribution in [0.5, 0.6) is 0 Å². The number of nitrogens with zero attached hydrogens (tertiary/aromatic N) is 2. The standard InChI is InChI=1S/C27H19ClF2N4O5S/c1-31-15-6-8-18(20(28)11-15)19-7-5-14(17-4-3-9-32-25(17)19)10-23(27(36)37)33-26(35)24-21(29)12-16(13-22(24)30)34-40(2,38)39/h3-9,11-13,23,34H,10H2,2H3,(H,33,35)(H,36,37)/t23-/m0/s1. The van der Waals surface area contributed by atoms with Gasteiger partial charge in [0.25, 0.3) is 5.91 Å². The largest absolute Gasteiger partial charge is 0.480 e. The first-order valence-corrected chi connectivity index (χ1v) is 13.7. The van der Waals surface area contributed by atoms with Gasteiger partial charge in [-0.25, -0.2) is 26.8 Å². The monoisotopic (exact) mass is 584 g/mol. The predicted octanol–water partition coefficient (Wildman–Crippen LogP) is 5.18. The van der Waals surface area contributed by atoms with Gasteiger partial charge in [-0.1, -0.05) is 41.9 Å². The minimum atomic E-state index is -3.84. The number of halogens is 3. The zero-order valence-electron chi connectivity index (χ0n) is 20.6. The van der Waals surface area contributed by atoms with Gasteiger partial charge in [-0.05, 0) is 35.4 Å². The Labute approximate surface area is 232 Å². The molecule has 0 aliphatic rings. The van der Waals surface area contributed by atoms with Crippen LogP contribution in [0, 0.1) is 18.2 Å². The highest BCUT2D eigenvalue weighted by atomic mass is 35.5. The summed E-state index contributed by atoms with van der Waals surface area (Å²) in [5.74, 6) is -5.55. The van der Waals surface area contributed by atoms with E-state index < -0.39 is 50.8 Å². The summed E-state index contributed by atoms with van der Waals surface area (Å²) in [6, 6.07) is 11.1. The molecule has 3 aromatic carbocycles. The second kappa shape index (κ2) is 11.3. The first-order chi connectivity index (χ1) is 18.9. The molecule has 1 aromatic heterocycles. The Morgan fingerprint density at radius 2 is 1.77 bits per heavy atom. The molecule has 0 fully saturated rings. The molecule has 0 saturated heterocycles. The second-order valence-corrected chi connectivity index (χ2v) is 10.9. The molecule has 40 heavy (non-hydrogen) atoms. The van der Waals surface area contributed by atoms with Crippen molar-refractivity contribution in [2.45, 2.75) is 12.5 Å². The molecule has 1 heterocycles. The van der Waals surface area contributed by atoms with Gasteiger partial charge in [-0.15, -0.1) is 0 Å². The van der Waals surface area contributed by atoms with Crippen LogP contribution in [0.4, 0.5) is 20.2 Å². The number of carbonyl (C=O) groups is 2. The van der Waals surface area contributed by atoms with Crippen molar-refractivity contribution in [3.8, 4) is 11.1 Å². The van der Waals surface area contributed by atoms with E-state index in [1.807, 2.05) is 4.72 Å². The van der Waals surface area contributed by atoms with Crippen LogP contribution in [-0.4, -0.2) is 42.7 Å². The van der Waals surface area contributed by atoms with Gasteiger partial charge in [0.1, 0.15) is 23.2 Å². The molecule has 13 heteroatoms. The number of fused-ring (bicyclic) bond motifs is 1. The van der Waals surface area contributed by atoms with E-state index in [0.29, 0.717) is 50.4 Å². The molecule has 0 unspecified atom stereocenters. The second-order valence-electron chi connectivity index (χ2n) is 8.71. The van der Waals surface area contributed by atoms with Crippen molar-refractivity contribution in [1.29, 1.82) is 0 Å². The average Bonchev–Trinajstić information content (AvgIpc) is 2.87. The topological polar surface area (TPSA) is 130 Å². The summed E-state index contributed by atoms with van der Waals surface area (Å²) in [7, 11) is -3.84. The van der Waals surface area contributed by atoms with Gasteiger partial charge < -0.3 is 10.4 Å². The molecule has 4 aromatic rings. The van der Waals surface area contributed by atoms with Gasteiger partial charge in [-0.3, -0.25) is 14.5 Å². The summed E-state index contributed by atoms with van der Waals surface area (Å²) in [5.41, 5.74) is 1.05. The molecule has 1 atom stereocenters. The molecular weight excluding hydrogens is 566 g/mol. The molecule has 0 radical (unpaired) electrons. The summed E-state index contributed by atoms with van der Waals surface area (Å²) >= 11 is 6.40.